The minimum absolute atomic E-state index is 0.0381. The molecule has 2 bridgehead atoms. The molecule has 5 nitrogen and oxygen atoms in total. The van der Waals surface area contributed by atoms with Gasteiger partial charge in [0.2, 0.25) is 10.0 Å². The van der Waals surface area contributed by atoms with Gasteiger partial charge in [-0.1, -0.05) is 31.5 Å². The van der Waals surface area contributed by atoms with E-state index in [0.717, 1.165) is 23.6 Å². The molecule has 0 aromatic carbocycles. The van der Waals surface area contributed by atoms with Crippen molar-refractivity contribution in [1.82, 2.24) is 9.29 Å². The van der Waals surface area contributed by atoms with Crippen molar-refractivity contribution in [3.63, 3.8) is 0 Å². The van der Waals surface area contributed by atoms with Gasteiger partial charge in [-0.05, 0) is 48.3 Å². The number of pyridine rings is 1. The second-order valence-electron chi connectivity index (χ2n) is 8.00. The Balaban J connectivity index is 1.64. The number of sulfonamides is 1. The first-order valence-corrected chi connectivity index (χ1v) is 10.5. The predicted molar refractivity (Wildman–Crippen MR) is 96.3 cm³/mol. The number of amides is 1. The predicted octanol–water partition coefficient (Wildman–Crippen LogP) is 3.12. The van der Waals surface area contributed by atoms with Crippen LogP contribution in [0.1, 0.15) is 38.7 Å². The minimum Gasteiger partial charge on any atom is -0.269 e. The first-order chi connectivity index (χ1) is 11.7. The van der Waals surface area contributed by atoms with E-state index >= 15 is 0 Å². The molecule has 3 atom stereocenters. The van der Waals surface area contributed by atoms with E-state index in [1.54, 1.807) is 24.4 Å². The number of hydrogen-bond acceptors (Lipinski definition) is 4. The Bertz CT molecular complexity index is 863. The van der Waals surface area contributed by atoms with Gasteiger partial charge in [0.25, 0.3) is 5.91 Å². The van der Waals surface area contributed by atoms with E-state index < -0.39 is 15.9 Å². The van der Waals surface area contributed by atoms with E-state index in [1.807, 2.05) is 0 Å². The Morgan fingerprint density at radius 2 is 2.16 bits per heavy atom. The van der Waals surface area contributed by atoms with E-state index in [-0.39, 0.29) is 22.6 Å². The summed E-state index contributed by atoms with van der Waals surface area (Å²) in [5, 5.41) is 0.372. The van der Waals surface area contributed by atoms with Crippen molar-refractivity contribution >= 4 is 33.6 Å². The maximum absolute atomic E-state index is 12.8. The topological polar surface area (TPSA) is 67.3 Å². The fraction of sp³-hybridized carbons (Fsp3) is 0.556. The Morgan fingerprint density at radius 3 is 2.80 bits per heavy atom. The molecule has 7 heteroatoms. The lowest BCUT2D eigenvalue weighted by molar-refractivity contribution is -0.123. The molecule has 0 unspecified atom stereocenters. The highest BCUT2D eigenvalue weighted by atomic mass is 35.5. The van der Waals surface area contributed by atoms with Gasteiger partial charge in [-0.3, -0.25) is 4.79 Å². The molecule has 2 saturated carbocycles. The molecule has 1 aliphatic heterocycles. The highest BCUT2D eigenvalue weighted by molar-refractivity contribution is 7.90. The first-order valence-electron chi connectivity index (χ1n) is 8.53. The molecule has 134 valence electrons. The Hall–Kier alpha value is -1.40. The number of hydrogen-bond donors (Lipinski definition) is 0. The average molecular weight is 381 g/mol. The summed E-state index contributed by atoms with van der Waals surface area (Å²) in [4.78, 5) is 16.7. The molecule has 4 rings (SSSR count). The lowest BCUT2D eigenvalue weighted by Gasteiger charge is -2.36. The standard InChI is InChI=1S/C18H21ClN2O3S/c1-17(2)13-7-8-18(17)11-25(23,24)21(14(18)9-13)16(22)6-4-12-3-5-15(19)20-10-12/h3-6,10,13-14H,7-9,11H2,1-2H3/b6-4+/t13-,14-,18-/m1/s1. The van der Waals surface area contributed by atoms with Crippen LogP contribution in [0.15, 0.2) is 24.4 Å². The molecule has 2 aliphatic carbocycles. The van der Waals surface area contributed by atoms with Crippen molar-refractivity contribution in [1.29, 1.82) is 0 Å². The molecule has 1 spiro atoms. The number of nitrogens with zero attached hydrogens (tertiary/aromatic N) is 2. The SMILES string of the molecule is CC1(C)[C@@H]2CC[C@]13CS(=O)(=O)N(C(=O)/C=C/c1ccc(Cl)nc1)[C@@H]3C2. The second-order valence-corrected chi connectivity index (χ2v) is 10.2. The van der Waals surface area contributed by atoms with Gasteiger partial charge < -0.3 is 0 Å². The summed E-state index contributed by atoms with van der Waals surface area (Å²) >= 11 is 5.75. The van der Waals surface area contributed by atoms with Gasteiger partial charge in [0, 0.05) is 17.7 Å². The van der Waals surface area contributed by atoms with Gasteiger partial charge >= 0.3 is 0 Å². The van der Waals surface area contributed by atoms with Gasteiger partial charge in [0.05, 0.1) is 11.8 Å². The molecule has 3 aliphatic rings. The lowest BCUT2D eigenvalue weighted by Crippen LogP contribution is -2.43. The number of carbonyl (C=O) groups excluding carboxylic acids is 1. The zero-order valence-corrected chi connectivity index (χ0v) is 15.8. The number of rotatable bonds is 2. The van der Waals surface area contributed by atoms with Crippen LogP contribution in [-0.2, 0) is 14.8 Å². The van der Waals surface area contributed by atoms with Crippen molar-refractivity contribution in [2.75, 3.05) is 5.75 Å². The van der Waals surface area contributed by atoms with Crippen LogP contribution in [0.3, 0.4) is 0 Å². The van der Waals surface area contributed by atoms with Crippen LogP contribution >= 0.6 is 11.6 Å². The summed E-state index contributed by atoms with van der Waals surface area (Å²) in [5.74, 6) is 0.129. The van der Waals surface area contributed by atoms with E-state index in [9.17, 15) is 13.2 Å². The second kappa shape index (κ2) is 5.30. The highest BCUT2D eigenvalue weighted by Crippen LogP contribution is 2.69. The third-order valence-electron chi connectivity index (χ3n) is 6.80. The van der Waals surface area contributed by atoms with Crippen molar-refractivity contribution in [3.8, 4) is 0 Å². The Labute approximate surface area is 153 Å². The summed E-state index contributed by atoms with van der Waals surface area (Å²) < 4.78 is 26.7. The molecule has 1 aromatic heterocycles. The maximum atomic E-state index is 12.8. The highest BCUT2D eigenvalue weighted by Gasteiger charge is 2.72. The Kier molecular flexibility index (Phi) is 3.61. The van der Waals surface area contributed by atoms with Gasteiger partial charge in [-0.2, -0.15) is 0 Å². The Morgan fingerprint density at radius 1 is 1.40 bits per heavy atom. The summed E-state index contributed by atoms with van der Waals surface area (Å²) in [6.07, 6.45) is 7.21. The van der Waals surface area contributed by atoms with Crippen molar-refractivity contribution in [3.05, 3.63) is 35.1 Å². The molecule has 1 saturated heterocycles. The molecule has 25 heavy (non-hydrogen) atoms. The average Bonchev–Trinajstić information content (AvgIpc) is 3.01. The van der Waals surface area contributed by atoms with Gasteiger partial charge in [0.1, 0.15) is 5.15 Å². The normalized spacial score (nSPS) is 34.6. The van der Waals surface area contributed by atoms with E-state index in [1.165, 1.54) is 6.08 Å². The van der Waals surface area contributed by atoms with Crippen LogP contribution in [0.2, 0.25) is 5.15 Å². The quantitative estimate of drug-likeness (QED) is 0.584. The molecule has 0 radical (unpaired) electrons. The van der Waals surface area contributed by atoms with Crippen LogP contribution in [0, 0.1) is 16.7 Å². The molecular weight excluding hydrogens is 360 g/mol. The van der Waals surface area contributed by atoms with Gasteiger partial charge in [-0.15, -0.1) is 0 Å². The van der Waals surface area contributed by atoms with Crippen molar-refractivity contribution < 1.29 is 13.2 Å². The third kappa shape index (κ3) is 2.30. The van der Waals surface area contributed by atoms with Crippen LogP contribution in [0.4, 0.5) is 0 Å². The molecule has 2 heterocycles. The largest absolute Gasteiger partial charge is 0.269 e. The van der Waals surface area contributed by atoms with Crippen LogP contribution in [-0.4, -0.2) is 35.4 Å². The van der Waals surface area contributed by atoms with Crippen LogP contribution in [0.25, 0.3) is 6.08 Å². The van der Waals surface area contributed by atoms with Crippen molar-refractivity contribution in [2.45, 2.75) is 39.2 Å². The summed E-state index contributed by atoms with van der Waals surface area (Å²) in [6, 6.07) is 3.16. The summed E-state index contributed by atoms with van der Waals surface area (Å²) in [5.41, 5.74) is 0.378. The summed E-state index contributed by atoms with van der Waals surface area (Å²) in [7, 11) is -3.58. The van der Waals surface area contributed by atoms with E-state index in [0.29, 0.717) is 16.6 Å². The molecule has 1 amide bonds. The van der Waals surface area contributed by atoms with Crippen LogP contribution < -0.4 is 0 Å². The van der Waals surface area contributed by atoms with E-state index in [2.05, 4.69) is 18.8 Å². The molecule has 3 fully saturated rings. The number of fused-ring (bicyclic) bond motifs is 1. The van der Waals surface area contributed by atoms with Gasteiger partial charge in [0.15, 0.2) is 0 Å². The van der Waals surface area contributed by atoms with Crippen LogP contribution in [0.5, 0.6) is 0 Å². The minimum atomic E-state index is -3.58. The molecule has 1 aromatic rings. The monoisotopic (exact) mass is 380 g/mol. The maximum Gasteiger partial charge on any atom is 0.260 e. The molecule has 0 N–H and O–H groups in total. The third-order valence-corrected chi connectivity index (χ3v) is 8.93. The lowest BCUT2D eigenvalue weighted by atomic mass is 9.69. The molecular formula is C18H21ClN2O3S. The zero-order chi connectivity index (χ0) is 18.0. The fourth-order valence-electron chi connectivity index (χ4n) is 5.31. The number of carbonyl (C=O) groups is 1. The summed E-state index contributed by atoms with van der Waals surface area (Å²) in [6.45, 7) is 4.34. The smallest absolute Gasteiger partial charge is 0.260 e. The van der Waals surface area contributed by atoms with Crippen molar-refractivity contribution in [2.24, 2.45) is 16.7 Å². The van der Waals surface area contributed by atoms with E-state index in [4.69, 9.17) is 11.6 Å². The first kappa shape index (κ1) is 17.0. The number of halogens is 1. The van der Waals surface area contributed by atoms with Gasteiger partial charge in [-0.25, -0.2) is 17.7 Å². The zero-order valence-electron chi connectivity index (χ0n) is 14.3. The number of aromatic nitrogens is 1. The fourth-order valence-corrected chi connectivity index (χ4v) is 7.93.